The van der Waals surface area contributed by atoms with E-state index in [1.165, 1.54) is 6.07 Å². The summed E-state index contributed by atoms with van der Waals surface area (Å²) in [5.41, 5.74) is 7.11. The number of aromatic amines is 1. The van der Waals surface area contributed by atoms with Gasteiger partial charge < -0.3 is 20.6 Å². The molecule has 0 saturated carbocycles. The minimum atomic E-state index is -0.396. The van der Waals surface area contributed by atoms with Gasteiger partial charge in [0, 0.05) is 25.5 Å². The second-order valence-corrected chi connectivity index (χ2v) is 6.47. The summed E-state index contributed by atoms with van der Waals surface area (Å²) < 4.78 is 1.99. The van der Waals surface area contributed by atoms with Gasteiger partial charge in [-0.25, -0.2) is 9.97 Å². The number of carbonyl (C=O) groups is 1. The third kappa shape index (κ3) is 4.16. The fourth-order valence-electron chi connectivity index (χ4n) is 3.14. The van der Waals surface area contributed by atoms with E-state index in [-0.39, 0.29) is 17.3 Å². The second-order valence-electron chi connectivity index (χ2n) is 6.47. The second kappa shape index (κ2) is 8.03. The van der Waals surface area contributed by atoms with Crippen molar-refractivity contribution in [1.29, 1.82) is 0 Å². The van der Waals surface area contributed by atoms with Gasteiger partial charge in [0.1, 0.15) is 23.5 Å². The molecule has 8 nitrogen and oxygen atoms in total. The number of nitrogens with one attached hydrogen (secondary N) is 2. The standard InChI is InChI=1S/C19H24N6O2/c1-3-6-17-22-13-7-4-5-8-14(13)25(17)12(2)19(27)21-10-9-16-23-15(20)11-18(26)24-16/h4-5,7-8,11-12H,3,6,9-10H2,1-2H3,(H,21,27)(H3,20,23,24,26)/t12-/m1/s1. The fraction of sp³-hybridized carbons (Fsp3) is 0.368. The number of aryl methyl sites for hydroxylation is 1. The summed E-state index contributed by atoms with van der Waals surface area (Å²) in [6, 6.07) is 8.65. The number of rotatable bonds is 7. The number of nitrogens with two attached hydrogens (primary N) is 1. The Kier molecular flexibility index (Phi) is 5.54. The lowest BCUT2D eigenvalue weighted by molar-refractivity contribution is -0.123. The van der Waals surface area contributed by atoms with Crippen molar-refractivity contribution in [3.05, 3.63) is 52.3 Å². The van der Waals surface area contributed by atoms with E-state index in [0.717, 1.165) is 29.7 Å². The highest BCUT2D eigenvalue weighted by atomic mass is 16.2. The zero-order valence-corrected chi connectivity index (χ0v) is 15.5. The van der Waals surface area contributed by atoms with Crippen LogP contribution in [0, 0.1) is 0 Å². The predicted octanol–water partition coefficient (Wildman–Crippen LogP) is 1.57. The molecule has 0 aliphatic rings. The van der Waals surface area contributed by atoms with E-state index in [2.05, 4.69) is 27.2 Å². The van der Waals surface area contributed by atoms with E-state index < -0.39 is 6.04 Å². The van der Waals surface area contributed by atoms with Gasteiger partial charge in [-0.3, -0.25) is 9.59 Å². The van der Waals surface area contributed by atoms with Crippen LogP contribution in [0.2, 0.25) is 0 Å². The quantitative estimate of drug-likeness (QED) is 0.585. The van der Waals surface area contributed by atoms with Crippen LogP contribution in [0.3, 0.4) is 0 Å². The molecule has 0 spiro atoms. The summed E-state index contributed by atoms with van der Waals surface area (Å²) in [4.78, 5) is 35.5. The molecule has 0 fully saturated rings. The molecule has 2 heterocycles. The van der Waals surface area contributed by atoms with Crippen molar-refractivity contribution in [1.82, 2.24) is 24.8 Å². The van der Waals surface area contributed by atoms with Gasteiger partial charge in [-0.15, -0.1) is 0 Å². The van der Waals surface area contributed by atoms with Crippen LogP contribution >= 0.6 is 0 Å². The number of anilines is 1. The first kappa shape index (κ1) is 18.6. The van der Waals surface area contributed by atoms with Gasteiger partial charge in [0.05, 0.1) is 11.0 Å². The molecule has 142 valence electrons. The van der Waals surface area contributed by atoms with Crippen LogP contribution < -0.4 is 16.6 Å². The van der Waals surface area contributed by atoms with Crippen molar-refractivity contribution < 1.29 is 4.79 Å². The van der Waals surface area contributed by atoms with Gasteiger partial charge in [0.15, 0.2) is 0 Å². The number of imidazole rings is 1. The van der Waals surface area contributed by atoms with Crippen LogP contribution in [-0.2, 0) is 17.6 Å². The largest absolute Gasteiger partial charge is 0.383 e. The Labute approximate surface area is 156 Å². The highest BCUT2D eigenvalue weighted by Crippen LogP contribution is 2.22. The molecular formula is C19H24N6O2. The van der Waals surface area contributed by atoms with Crippen molar-refractivity contribution in [3.8, 4) is 0 Å². The molecule has 2 aromatic heterocycles. The highest BCUT2D eigenvalue weighted by Gasteiger charge is 2.20. The molecule has 0 radical (unpaired) electrons. The molecule has 0 aliphatic carbocycles. The summed E-state index contributed by atoms with van der Waals surface area (Å²) in [6.07, 6.45) is 2.15. The number of benzene rings is 1. The third-order valence-corrected chi connectivity index (χ3v) is 4.38. The lowest BCUT2D eigenvalue weighted by atomic mass is 10.2. The average Bonchev–Trinajstić information content (AvgIpc) is 2.98. The Balaban J connectivity index is 1.72. The molecule has 1 aromatic carbocycles. The number of carbonyl (C=O) groups excluding carboxylic acids is 1. The van der Waals surface area contributed by atoms with Crippen LogP contribution in [-0.4, -0.2) is 32.0 Å². The average molecular weight is 368 g/mol. The van der Waals surface area contributed by atoms with Crippen LogP contribution in [0.25, 0.3) is 11.0 Å². The Bertz CT molecular complexity index is 1010. The van der Waals surface area contributed by atoms with Crippen LogP contribution in [0.4, 0.5) is 5.82 Å². The molecule has 4 N–H and O–H groups in total. The van der Waals surface area contributed by atoms with Crippen molar-refractivity contribution in [3.63, 3.8) is 0 Å². The number of hydrogen-bond donors (Lipinski definition) is 3. The monoisotopic (exact) mass is 368 g/mol. The first-order valence-corrected chi connectivity index (χ1v) is 9.09. The molecule has 0 saturated heterocycles. The van der Waals surface area contributed by atoms with E-state index in [9.17, 15) is 9.59 Å². The fourth-order valence-corrected chi connectivity index (χ4v) is 3.14. The summed E-state index contributed by atoms with van der Waals surface area (Å²) >= 11 is 0. The van der Waals surface area contributed by atoms with E-state index >= 15 is 0 Å². The molecule has 0 aliphatic heterocycles. The summed E-state index contributed by atoms with van der Waals surface area (Å²) in [6.45, 7) is 4.31. The number of nitrogen functional groups attached to an aromatic ring is 1. The number of fused-ring (bicyclic) bond motifs is 1. The third-order valence-electron chi connectivity index (χ3n) is 4.38. The van der Waals surface area contributed by atoms with Crippen LogP contribution in [0.5, 0.6) is 0 Å². The molecule has 8 heteroatoms. The maximum Gasteiger partial charge on any atom is 0.252 e. The molecule has 0 unspecified atom stereocenters. The number of amides is 1. The summed E-state index contributed by atoms with van der Waals surface area (Å²) in [7, 11) is 0. The van der Waals surface area contributed by atoms with Gasteiger partial charge in [0.2, 0.25) is 5.91 Å². The number of hydrogen-bond acceptors (Lipinski definition) is 5. The molecule has 1 amide bonds. The first-order valence-electron chi connectivity index (χ1n) is 9.09. The van der Waals surface area contributed by atoms with Crippen molar-refractivity contribution in [2.75, 3.05) is 12.3 Å². The van der Waals surface area contributed by atoms with Crippen molar-refractivity contribution in [2.24, 2.45) is 0 Å². The van der Waals surface area contributed by atoms with Crippen LogP contribution in [0.1, 0.15) is 38.0 Å². The SMILES string of the molecule is CCCc1nc2ccccc2n1[C@H](C)C(=O)NCCc1nc(N)cc(=O)[nH]1. The Morgan fingerprint density at radius 1 is 1.30 bits per heavy atom. The normalized spacial score (nSPS) is 12.2. The van der Waals surface area contributed by atoms with Gasteiger partial charge in [-0.1, -0.05) is 19.1 Å². The van der Waals surface area contributed by atoms with Crippen molar-refractivity contribution >= 4 is 22.8 Å². The lowest BCUT2D eigenvalue weighted by Gasteiger charge is -2.17. The van der Waals surface area contributed by atoms with Gasteiger partial charge in [-0.05, 0) is 25.5 Å². The van der Waals surface area contributed by atoms with Crippen molar-refractivity contribution in [2.45, 2.75) is 39.2 Å². The first-order chi connectivity index (χ1) is 13.0. The highest BCUT2D eigenvalue weighted by molar-refractivity contribution is 5.84. The number of H-pyrrole nitrogens is 1. The minimum Gasteiger partial charge on any atom is -0.383 e. The smallest absolute Gasteiger partial charge is 0.252 e. The van der Waals surface area contributed by atoms with Crippen LogP contribution in [0.15, 0.2) is 35.1 Å². The zero-order chi connectivity index (χ0) is 19.4. The van der Waals surface area contributed by atoms with E-state index in [0.29, 0.717) is 18.8 Å². The molecule has 1 atom stereocenters. The lowest BCUT2D eigenvalue weighted by Crippen LogP contribution is -2.33. The molecular weight excluding hydrogens is 344 g/mol. The van der Waals surface area contributed by atoms with Gasteiger partial charge >= 0.3 is 0 Å². The number of nitrogens with zero attached hydrogens (tertiary/aromatic N) is 3. The minimum absolute atomic E-state index is 0.109. The molecule has 3 aromatic rings. The summed E-state index contributed by atoms with van der Waals surface area (Å²) in [5.74, 6) is 1.42. The maximum atomic E-state index is 12.7. The van der Waals surface area contributed by atoms with E-state index in [1.807, 2.05) is 35.8 Å². The van der Waals surface area contributed by atoms with Gasteiger partial charge in [-0.2, -0.15) is 0 Å². The zero-order valence-electron chi connectivity index (χ0n) is 15.5. The summed E-state index contributed by atoms with van der Waals surface area (Å²) in [5, 5.41) is 2.90. The van der Waals surface area contributed by atoms with Gasteiger partial charge in [0.25, 0.3) is 5.56 Å². The Hall–Kier alpha value is -3.16. The van der Waals surface area contributed by atoms with E-state index in [1.54, 1.807) is 0 Å². The molecule has 3 rings (SSSR count). The topological polar surface area (TPSA) is 119 Å². The predicted molar refractivity (Wildman–Crippen MR) is 104 cm³/mol. The molecule has 0 bridgehead atoms. The maximum absolute atomic E-state index is 12.7. The number of para-hydroxylation sites is 2. The Morgan fingerprint density at radius 3 is 2.81 bits per heavy atom. The van der Waals surface area contributed by atoms with E-state index in [4.69, 9.17) is 5.73 Å². The molecule has 27 heavy (non-hydrogen) atoms. The number of aromatic nitrogens is 4. The Morgan fingerprint density at radius 2 is 2.07 bits per heavy atom.